The van der Waals surface area contributed by atoms with Crippen molar-refractivity contribution >= 4 is 10.0 Å². The van der Waals surface area contributed by atoms with Gasteiger partial charge in [0.1, 0.15) is 5.82 Å². The molecule has 2 rings (SSSR count). The quantitative estimate of drug-likeness (QED) is 0.911. The largest absolute Gasteiger partial charge is 0.375 e. The van der Waals surface area contributed by atoms with Crippen molar-refractivity contribution in [2.45, 2.75) is 37.4 Å². The first-order chi connectivity index (χ1) is 9.86. The molecule has 1 aliphatic rings. The second kappa shape index (κ2) is 6.39. The molecule has 5 nitrogen and oxygen atoms in total. The summed E-state index contributed by atoms with van der Waals surface area (Å²) in [6.45, 7) is 4.61. The number of halogens is 1. The number of benzene rings is 1. The van der Waals surface area contributed by atoms with Crippen molar-refractivity contribution in [2.24, 2.45) is 0 Å². The Morgan fingerprint density at radius 1 is 1.43 bits per heavy atom. The predicted molar refractivity (Wildman–Crippen MR) is 77.9 cm³/mol. The predicted octanol–water partition coefficient (Wildman–Crippen LogP) is 1.34. The first-order valence-electron chi connectivity index (χ1n) is 6.92. The lowest BCUT2D eigenvalue weighted by atomic mass is 10.2. The van der Waals surface area contributed by atoms with Crippen LogP contribution < -0.4 is 5.32 Å². The average Bonchev–Trinajstić information content (AvgIpc) is 2.43. The van der Waals surface area contributed by atoms with Gasteiger partial charge in [-0.1, -0.05) is 6.07 Å². The summed E-state index contributed by atoms with van der Waals surface area (Å²) in [5, 5.41) is 2.91. The molecule has 1 aromatic rings. The van der Waals surface area contributed by atoms with Crippen LogP contribution in [0.3, 0.4) is 0 Å². The maximum absolute atomic E-state index is 13.5. The first kappa shape index (κ1) is 16.4. The van der Waals surface area contributed by atoms with Crippen molar-refractivity contribution in [3.8, 4) is 0 Å². The van der Waals surface area contributed by atoms with Gasteiger partial charge in [-0.15, -0.1) is 0 Å². The molecule has 21 heavy (non-hydrogen) atoms. The van der Waals surface area contributed by atoms with Crippen molar-refractivity contribution < 1.29 is 17.5 Å². The fourth-order valence-corrected chi connectivity index (χ4v) is 4.37. The van der Waals surface area contributed by atoms with Gasteiger partial charge >= 0.3 is 0 Å². The van der Waals surface area contributed by atoms with E-state index in [2.05, 4.69) is 5.32 Å². The number of ether oxygens (including phenoxy) is 1. The maximum Gasteiger partial charge on any atom is 0.243 e. The Hall–Kier alpha value is -1.02. The zero-order valence-electron chi connectivity index (χ0n) is 12.5. The molecule has 1 N–H and O–H groups in total. The Labute approximate surface area is 125 Å². The molecule has 1 saturated heterocycles. The number of morpholine rings is 1. The van der Waals surface area contributed by atoms with Crippen molar-refractivity contribution in [3.63, 3.8) is 0 Å². The van der Waals surface area contributed by atoms with E-state index >= 15 is 0 Å². The van der Waals surface area contributed by atoms with Crippen LogP contribution in [0.5, 0.6) is 0 Å². The molecule has 0 aromatic heterocycles. The monoisotopic (exact) mass is 316 g/mol. The molecule has 1 aliphatic heterocycles. The van der Waals surface area contributed by atoms with Gasteiger partial charge in [0.15, 0.2) is 0 Å². The lowest BCUT2D eigenvalue weighted by molar-refractivity contribution is -0.0170. The summed E-state index contributed by atoms with van der Waals surface area (Å²) < 4.78 is 46.1. The molecule has 0 aliphatic carbocycles. The molecule has 1 fully saturated rings. The van der Waals surface area contributed by atoms with E-state index in [1.165, 1.54) is 16.4 Å². The Morgan fingerprint density at radius 3 is 2.81 bits per heavy atom. The van der Waals surface area contributed by atoms with E-state index in [0.29, 0.717) is 18.7 Å². The summed E-state index contributed by atoms with van der Waals surface area (Å²) in [7, 11) is -2.02. The Balaban J connectivity index is 2.45. The van der Waals surface area contributed by atoms with E-state index in [4.69, 9.17) is 4.74 Å². The normalized spacial score (nSPS) is 24.2. The van der Waals surface area contributed by atoms with Gasteiger partial charge in [0.05, 0.1) is 17.6 Å². The van der Waals surface area contributed by atoms with Crippen LogP contribution in [0.15, 0.2) is 23.1 Å². The molecule has 0 amide bonds. The zero-order valence-corrected chi connectivity index (χ0v) is 13.3. The van der Waals surface area contributed by atoms with Crippen LogP contribution in [0, 0.1) is 5.82 Å². The van der Waals surface area contributed by atoms with Gasteiger partial charge < -0.3 is 10.1 Å². The van der Waals surface area contributed by atoms with E-state index in [-0.39, 0.29) is 23.6 Å². The highest BCUT2D eigenvalue weighted by molar-refractivity contribution is 7.89. The number of hydrogen-bond acceptors (Lipinski definition) is 4. The lowest BCUT2D eigenvalue weighted by Crippen LogP contribution is -2.50. The molecule has 0 radical (unpaired) electrons. The lowest BCUT2D eigenvalue weighted by Gasteiger charge is -2.36. The van der Waals surface area contributed by atoms with Crippen molar-refractivity contribution in [1.29, 1.82) is 0 Å². The third kappa shape index (κ3) is 3.42. The van der Waals surface area contributed by atoms with Crippen LogP contribution >= 0.6 is 0 Å². The number of nitrogens with zero attached hydrogens (tertiary/aromatic N) is 1. The van der Waals surface area contributed by atoms with E-state index in [1.807, 2.05) is 6.92 Å². The Morgan fingerprint density at radius 2 is 2.14 bits per heavy atom. The molecule has 1 heterocycles. The minimum absolute atomic E-state index is 0.0257. The fraction of sp³-hybridized carbons (Fsp3) is 0.571. The molecular formula is C14H21FN2O3S. The highest BCUT2D eigenvalue weighted by atomic mass is 32.2. The molecule has 2 unspecified atom stereocenters. The smallest absolute Gasteiger partial charge is 0.243 e. The maximum atomic E-state index is 13.5. The topological polar surface area (TPSA) is 58.6 Å². The third-order valence-electron chi connectivity index (χ3n) is 3.53. The SMILES string of the molecule is CNCc1ccc(F)cc1S(=O)(=O)N1CC(C)OCC1C. The summed E-state index contributed by atoms with van der Waals surface area (Å²) in [5.41, 5.74) is 0.560. The van der Waals surface area contributed by atoms with Crippen molar-refractivity contribution in [2.75, 3.05) is 20.2 Å². The van der Waals surface area contributed by atoms with Gasteiger partial charge in [-0.2, -0.15) is 4.31 Å². The summed E-state index contributed by atoms with van der Waals surface area (Å²) in [5.74, 6) is -0.553. The van der Waals surface area contributed by atoms with Crippen LogP contribution in [0.4, 0.5) is 4.39 Å². The van der Waals surface area contributed by atoms with Crippen LogP contribution in [0.2, 0.25) is 0 Å². The summed E-state index contributed by atoms with van der Waals surface area (Å²) in [4.78, 5) is 0.0257. The number of nitrogens with one attached hydrogen (secondary N) is 1. The summed E-state index contributed by atoms with van der Waals surface area (Å²) in [6.07, 6.45) is -0.169. The van der Waals surface area contributed by atoms with Gasteiger partial charge in [-0.25, -0.2) is 12.8 Å². The van der Waals surface area contributed by atoms with Crippen LogP contribution in [0.1, 0.15) is 19.4 Å². The standard InChI is InChI=1S/C14H21FN2O3S/c1-10-9-20-11(2)8-17(10)21(18,19)14-6-13(15)5-4-12(14)7-16-3/h4-6,10-11,16H,7-9H2,1-3H3. The van der Waals surface area contributed by atoms with E-state index in [9.17, 15) is 12.8 Å². The number of hydrogen-bond donors (Lipinski definition) is 1. The molecular weight excluding hydrogens is 295 g/mol. The zero-order chi connectivity index (χ0) is 15.6. The molecule has 0 spiro atoms. The van der Waals surface area contributed by atoms with Crippen LogP contribution in [-0.4, -0.2) is 45.1 Å². The van der Waals surface area contributed by atoms with Crippen LogP contribution in [-0.2, 0) is 21.3 Å². The summed E-state index contributed by atoms with van der Waals surface area (Å²) >= 11 is 0. The van der Waals surface area contributed by atoms with E-state index in [0.717, 1.165) is 6.07 Å². The number of rotatable bonds is 4. The van der Waals surface area contributed by atoms with Crippen molar-refractivity contribution in [1.82, 2.24) is 9.62 Å². The van der Waals surface area contributed by atoms with Gasteiger partial charge in [0.2, 0.25) is 10.0 Å². The van der Waals surface area contributed by atoms with Gasteiger partial charge in [0, 0.05) is 19.1 Å². The van der Waals surface area contributed by atoms with E-state index < -0.39 is 15.8 Å². The molecule has 0 bridgehead atoms. The van der Waals surface area contributed by atoms with Crippen LogP contribution in [0.25, 0.3) is 0 Å². The van der Waals surface area contributed by atoms with Crippen molar-refractivity contribution in [3.05, 3.63) is 29.6 Å². The second-order valence-corrected chi connectivity index (χ2v) is 7.21. The molecule has 0 saturated carbocycles. The highest BCUT2D eigenvalue weighted by Gasteiger charge is 2.35. The molecule has 118 valence electrons. The van der Waals surface area contributed by atoms with Gasteiger partial charge in [-0.3, -0.25) is 0 Å². The molecule has 7 heteroatoms. The summed E-state index contributed by atoms with van der Waals surface area (Å²) in [6, 6.07) is 3.61. The fourth-order valence-electron chi connectivity index (χ4n) is 2.44. The molecule has 2 atom stereocenters. The Kier molecular flexibility index (Phi) is 4.98. The first-order valence-corrected chi connectivity index (χ1v) is 8.36. The highest BCUT2D eigenvalue weighted by Crippen LogP contribution is 2.26. The van der Waals surface area contributed by atoms with Gasteiger partial charge in [-0.05, 0) is 38.6 Å². The molecule has 1 aromatic carbocycles. The van der Waals surface area contributed by atoms with E-state index in [1.54, 1.807) is 14.0 Å². The van der Waals surface area contributed by atoms with Gasteiger partial charge in [0.25, 0.3) is 0 Å². The minimum atomic E-state index is -3.75. The second-order valence-electron chi connectivity index (χ2n) is 5.35. The number of sulfonamides is 1. The Bertz CT molecular complexity index is 606. The minimum Gasteiger partial charge on any atom is -0.375 e. The average molecular weight is 316 g/mol. The third-order valence-corrected chi connectivity index (χ3v) is 5.60.